The van der Waals surface area contributed by atoms with Gasteiger partial charge in [0.05, 0.1) is 19.7 Å². The van der Waals surface area contributed by atoms with Crippen molar-refractivity contribution in [3.63, 3.8) is 0 Å². The lowest BCUT2D eigenvalue weighted by Crippen LogP contribution is -2.25. The second-order valence-electron chi connectivity index (χ2n) is 7.99. The number of benzene rings is 3. The molecule has 3 aromatic carbocycles. The largest absolute Gasteiger partial charge is 0.493 e. The molecule has 4 rings (SSSR count). The SMILES string of the molecule is CN(CC(=O)O)Cc1ccc(Cn2cccn2)cc1OCCc1ccc2ccccc2c1.Cl. The zero-order valence-electron chi connectivity index (χ0n) is 18.6. The summed E-state index contributed by atoms with van der Waals surface area (Å²) in [4.78, 5) is 12.8. The van der Waals surface area contributed by atoms with Crippen LogP contribution in [-0.4, -0.2) is 46.0 Å². The normalized spacial score (nSPS) is 10.8. The van der Waals surface area contributed by atoms with Gasteiger partial charge in [0.25, 0.3) is 0 Å². The lowest BCUT2D eigenvalue weighted by molar-refractivity contribution is -0.138. The van der Waals surface area contributed by atoms with Crippen LogP contribution < -0.4 is 4.74 Å². The lowest BCUT2D eigenvalue weighted by Gasteiger charge is -2.18. The summed E-state index contributed by atoms with van der Waals surface area (Å²) in [7, 11) is 1.80. The maximum absolute atomic E-state index is 11.1. The maximum Gasteiger partial charge on any atom is 0.317 e. The summed E-state index contributed by atoms with van der Waals surface area (Å²) in [5, 5.41) is 15.8. The Morgan fingerprint density at radius 1 is 1.03 bits per heavy atom. The molecule has 0 aliphatic rings. The van der Waals surface area contributed by atoms with Gasteiger partial charge in [-0.15, -0.1) is 12.4 Å². The number of carboxylic acids is 1. The Balaban J connectivity index is 0.00000306. The average Bonchev–Trinajstić information content (AvgIpc) is 3.28. The molecule has 1 heterocycles. The topological polar surface area (TPSA) is 67.6 Å². The van der Waals surface area contributed by atoms with Crippen LogP contribution in [0, 0.1) is 0 Å². The molecule has 172 valence electrons. The molecule has 6 nitrogen and oxygen atoms in total. The predicted molar refractivity (Wildman–Crippen MR) is 132 cm³/mol. The molecule has 0 saturated heterocycles. The fourth-order valence-electron chi connectivity index (χ4n) is 3.79. The van der Waals surface area contributed by atoms with Crippen molar-refractivity contribution in [2.75, 3.05) is 20.2 Å². The zero-order valence-corrected chi connectivity index (χ0v) is 19.4. The van der Waals surface area contributed by atoms with Crippen LogP contribution in [0.4, 0.5) is 0 Å². The number of halogens is 1. The van der Waals surface area contributed by atoms with Crippen LogP contribution in [0.3, 0.4) is 0 Å². The Hall–Kier alpha value is -3.35. The van der Waals surface area contributed by atoms with Gasteiger partial charge < -0.3 is 9.84 Å². The molecule has 7 heteroatoms. The Morgan fingerprint density at radius 3 is 2.58 bits per heavy atom. The number of ether oxygens (including phenoxy) is 1. The average molecular weight is 466 g/mol. The first-order valence-corrected chi connectivity index (χ1v) is 10.7. The third-order valence-electron chi connectivity index (χ3n) is 5.34. The van der Waals surface area contributed by atoms with Crippen LogP contribution in [0.5, 0.6) is 5.75 Å². The first kappa shape index (κ1) is 24.3. The van der Waals surface area contributed by atoms with E-state index in [0.29, 0.717) is 19.7 Å². The van der Waals surface area contributed by atoms with Crippen molar-refractivity contribution in [1.82, 2.24) is 14.7 Å². The van der Waals surface area contributed by atoms with E-state index in [4.69, 9.17) is 9.84 Å². The van der Waals surface area contributed by atoms with E-state index in [1.165, 1.54) is 16.3 Å². The van der Waals surface area contributed by atoms with Crippen molar-refractivity contribution in [1.29, 1.82) is 0 Å². The molecule has 0 atom stereocenters. The molecular formula is C26H28ClN3O3. The molecule has 0 unspecified atom stereocenters. The van der Waals surface area contributed by atoms with Crippen molar-refractivity contribution in [3.8, 4) is 5.75 Å². The Bertz CT molecular complexity index is 1190. The van der Waals surface area contributed by atoms with Crippen LogP contribution in [0.15, 0.2) is 79.1 Å². The zero-order chi connectivity index (χ0) is 22.3. The maximum atomic E-state index is 11.1. The van der Waals surface area contributed by atoms with E-state index < -0.39 is 5.97 Å². The van der Waals surface area contributed by atoms with E-state index in [1.54, 1.807) is 18.1 Å². The summed E-state index contributed by atoms with van der Waals surface area (Å²) < 4.78 is 8.08. The van der Waals surface area contributed by atoms with Crippen molar-refractivity contribution < 1.29 is 14.6 Å². The number of hydrogen-bond acceptors (Lipinski definition) is 4. The minimum Gasteiger partial charge on any atom is -0.493 e. The number of rotatable bonds is 10. The van der Waals surface area contributed by atoms with E-state index in [9.17, 15) is 4.79 Å². The summed E-state index contributed by atoms with van der Waals surface area (Å²) >= 11 is 0. The number of likely N-dealkylation sites (N-methyl/N-ethyl adjacent to an activating group) is 1. The van der Waals surface area contributed by atoms with Gasteiger partial charge in [-0.25, -0.2) is 0 Å². The quantitative estimate of drug-likeness (QED) is 0.369. The highest BCUT2D eigenvalue weighted by atomic mass is 35.5. The molecule has 0 aliphatic heterocycles. The van der Waals surface area contributed by atoms with Gasteiger partial charge in [0, 0.05) is 30.9 Å². The van der Waals surface area contributed by atoms with Crippen LogP contribution in [-0.2, 0) is 24.3 Å². The molecule has 0 fully saturated rings. The monoisotopic (exact) mass is 465 g/mol. The Morgan fingerprint density at radius 2 is 1.82 bits per heavy atom. The van der Waals surface area contributed by atoms with Crippen LogP contribution in [0.2, 0.25) is 0 Å². The summed E-state index contributed by atoms with van der Waals surface area (Å²) in [6.07, 6.45) is 4.48. The van der Waals surface area contributed by atoms with E-state index in [-0.39, 0.29) is 19.0 Å². The number of fused-ring (bicyclic) bond motifs is 1. The van der Waals surface area contributed by atoms with Gasteiger partial charge in [0.1, 0.15) is 5.75 Å². The number of aliphatic carboxylic acids is 1. The fourth-order valence-corrected chi connectivity index (χ4v) is 3.79. The highest BCUT2D eigenvalue weighted by Gasteiger charge is 2.11. The molecule has 0 aliphatic carbocycles. The number of carboxylic acid groups (broad SMARTS) is 1. The fraction of sp³-hybridized carbons (Fsp3) is 0.231. The second-order valence-corrected chi connectivity index (χ2v) is 7.99. The molecule has 0 amide bonds. The van der Waals surface area contributed by atoms with Gasteiger partial charge in [0.15, 0.2) is 0 Å². The van der Waals surface area contributed by atoms with E-state index in [2.05, 4.69) is 35.4 Å². The van der Waals surface area contributed by atoms with Gasteiger partial charge >= 0.3 is 5.97 Å². The van der Waals surface area contributed by atoms with Crippen LogP contribution in [0.25, 0.3) is 10.8 Å². The number of hydrogen-bond donors (Lipinski definition) is 1. The van der Waals surface area contributed by atoms with Gasteiger partial charge in [-0.05, 0) is 41.1 Å². The summed E-state index contributed by atoms with van der Waals surface area (Å²) in [6, 6.07) is 22.8. The van der Waals surface area contributed by atoms with Gasteiger partial charge in [-0.3, -0.25) is 14.4 Å². The first-order chi connectivity index (χ1) is 15.6. The van der Waals surface area contributed by atoms with Crippen molar-refractivity contribution in [2.24, 2.45) is 0 Å². The standard InChI is InChI=1S/C26H27N3O3.ClH/c1-28(19-26(30)31)18-24-10-8-21(17-29-13-4-12-27-29)16-25(24)32-14-11-20-7-9-22-5-2-3-6-23(22)15-20;/h2-10,12-13,15-16H,11,14,17-19H2,1H3,(H,30,31);1H. The highest BCUT2D eigenvalue weighted by molar-refractivity contribution is 5.85. The van der Waals surface area contributed by atoms with Crippen molar-refractivity contribution >= 4 is 29.1 Å². The number of nitrogens with zero attached hydrogens (tertiary/aromatic N) is 3. The summed E-state index contributed by atoms with van der Waals surface area (Å²) in [5.74, 6) is -0.0609. The molecule has 1 N–H and O–H groups in total. The lowest BCUT2D eigenvalue weighted by atomic mass is 10.1. The predicted octanol–water partition coefficient (Wildman–Crippen LogP) is 4.64. The number of aromatic nitrogens is 2. The van der Waals surface area contributed by atoms with Gasteiger partial charge in [-0.1, -0.05) is 54.6 Å². The van der Waals surface area contributed by atoms with E-state index in [0.717, 1.165) is 23.3 Å². The Kier molecular flexibility index (Phi) is 8.46. The van der Waals surface area contributed by atoms with Crippen LogP contribution in [0.1, 0.15) is 16.7 Å². The summed E-state index contributed by atoms with van der Waals surface area (Å²) in [5.41, 5.74) is 3.27. The third-order valence-corrected chi connectivity index (χ3v) is 5.34. The molecular weight excluding hydrogens is 438 g/mol. The van der Waals surface area contributed by atoms with E-state index in [1.807, 2.05) is 47.3 Å². The summed E-state index contributed by atoms with van der Waals surface area (Å²) in [6.45, 7) is 1.67. The van der Waals surface area contributed by atoms with Gasteiger partial charge in [0.2, 0.25) is 0 Å². The van der Waals surface area contributed by atoms with Crippen LogP contribution >= 0.6 is 12.4 Å². The van der Waals surface area contributed by atoms with Gasteiger partial charge in [-0.2, -0.15) is 5.10 Å². The molecule has 4 aromatic rings. The third kappa shape index (κ3) is 6.81. The Labute approximate surface area is 199 Å². The smallest absolute Gasteiger partial charge is 0.317 e. The minimum absolute atomic E-state index is 0. The molecule has 33 heavy (non-hydrogen) atoms. The van der Waals surface area contributed by atoms with Crippen molar-refractivity contribution in [2.45, 2.75) is 19.5 Å². The molecule has 0 spiro atoms. The second kappa shape index (κ2) is 11.5. The minimum atomic E-state index is -0.846. The first-order valence-electron chi connectivity index (χ1n) is 10.7. The molecule has 0 bridgehead atoms. The van der Waals surface area contributed by atoms with E-state index >= 15 is 0 Å². The highest BCUT2D eigenvalue weighted by Crippen LogP contribution is 2.23. The molecule has 1 aromatic heterocycles. The number of carbonyl (C=O) groups is 1. The molecule has 0 radical (unpaired) electrons. The van der Waals surface area contributed by atoms with Crippen molar-refractivity contribution in [3.05, 3.63) is 95.8 Å². The molecule has 0 saturated carbocycles.